The highest BCUT2D eigenvalue weighted by atomic mass is 19.1. The van der Waals surface area contributed by atoms with E-state index in [1.807, 2.05) is 0 Å². The molecule has 0 fully saturated rings. The van der Waals surface area contributed by atoms with Gasteiger partial charge in [0.2, 0.25) is 29.4 Å². The molecule has 0 aliphatic carbocycles. The SMILES string of the molecule is C=CN(C)/C(=C\NC(=O)c1nc(NC(=O)CCNC(=O)c2cc(NC(=O)c3nccn3C)cn2C)cn1C)C(=O)NCCC(=O)Nc1cn(C)c(C(=O)NCCC(=O)NCCOCCOCCOCCOCCOCCOCCOCCOCCOc2ccc(NC(=O)c3cc4c(-c5cc(C(C)(C)O)ccc5Oc5c(C)cc(F)cc5C)cn(C)c(=O)c4[nH]3)cc2O)n1. The summed E-state index contributed by atoms with van der Waals surface area (Å²) in [5.74, 6) is -4.45. The van der Waals surface area contributed by atoms with Crippen LogP contribution in [0.25, 0.3) is 22.0 Å². The number of hydrogen-bond acceptors (Lipinski definition) is 26. The number of benzene rings is 3. The van der Waals surface area contributed by atoms with E-state index in [2.05, 4.69) is 74.4 Å². The van der Waals surface area contributed by atoms with Gasteiger partial charge in [-0.2, -0.15) is 0 Å². The van der Waals surface area contributed by atoms with Gasteiger partial charge in [-0.3, -0.25) is 47.9 Å². The zero-order chi connectivity index (χ0) is 92.4. The van der Waals surface area contributed by atoms with E-state index >= 15 is 0 Å². The number of amides is 9. The number of phenolic OH excluding ortho intramolecular Hbond substituents is 1. The summed E-state index contributed by atoms with van der Waals surface area (Å²) in [4.78, 5) is 147. The van der Waals surface area contributed by atoms with Gasteiger partial charge in [0.1, 0.15) is 46.5 Å². The Morgan fingerprint density at radius 3 is 1.60 bits per heavy atom. The van der Waals surface area contributed by atoms with Crippen LogP contribution in [0.5, 0.6) is 23.0 Å². The van der Waals surface area contributed by atoms with E-state index in [0.717, 1.165) is 6.20 Å². The number of anilines is 4. The van der Waals surface area contributed by atoms with Crippen molar-refractivity contribution in [3.63, 3.8) is 0 Å². The van der Waals surface area contributed by atoms with Crippen molar-refractivity contribution in [1.82, 2.24) is 74.3 Å². The van der Waals surface area contributed by atoms with Crippen LogP contribution in [0.1, 0.15) is 103 Å². The van der Waals surface area contributed by atoms with E-state index in [0.29, 0.717) is 143 Å². The van der Waals surface area contributed by atoms with Gasteiger partial charge in [-0.05, 0) is 99.1 Å². The molecule has 6 aromatic heterocycles. The Balaban J connectivity index is 0.523. The van der Waals surface area contributed by atoms with E-state index in [-0.39, 0.29) is 140 Å². The summed E-state index contributed by atoms with van der Waals surface area (Å²) in [6, 6.07) is 15.4. The molecule has 0 unspecified atom stereocenters. The number of nitrogens with one attached hydrogen (secondary N) is 10. The van der Waals surface area contributed by atoms with Gasteiger partial charge in [0, 0.05) is 159 Å². The normalized spacial score (nSPS) is 11.5. The van der Waals surface area contributed by atoms with Crippen LogP contribution in [-0.2, 0) is 97.9 Å². The van der Waals surface area contributed by atoms with Gasteiger partial charge in [-0.25, -0.2) is 19.3 Å². The summed E-state index contributed by atoms with van der Waals surface area (Å²) in [6.07, 6.45) is 11.2. The third kappa shape index (κ3) is 29.9. The van der Waals surface area contributed by atoms with Gasteiger partial charge in [0.05, 0.1) is 117 Å². The first kappa shape index (κ1) is 98.3. The number of aromatic hydroxyl groups is 1. The Bertz CT molecular complexity index is 5420. The van der Waals surface area contributed by atoms with Crippen molar-refractivity contribution < 1.29 is 105 Å². The van der Waals surface area contributed by atoms with Crippen LogP contribution in [0.2, 0.25) is 0 Å². The Hall–Kier alpha value is -13.5. The fraction of sp³-hybridized carbons (Fsp3) is 0.407. The first-order chi connectivity index (χ1) is 61.3. The van der Waals surface area contributed by atoms with Gasteiger partial charge >= 0.3 is 0 Å². The molecule has 0 saturated heterocycles. The van der Waals surface area contributed by atoms with E-state index in [9.17, 15) is 62.5 Å². The molecule has 0 aliphatic rings. The van der Waals surface area contributed by atoms with E-state index in [4.69, 9.17) is 47.4 Å². The van der Waals surface area contributed by atoms with Gasteiger partial charge in [0.15, 0.2) is 29.0 Å². The maximum absolute atomic E-state index is 14.3. The average Bonchev–Trinajstić information content (AvgIpc) is 1.55. The van der Waals surface area contributed by atoms with Crippen molar-refractivity contribution in [1.29, 1.82) is 0 Å². The predicted octanol–water partition coefficient (Wildman–Crippen LogP) is 5.06. The number of likely N-dealkylation sites (N-methyl/N-ethyl adjacent to an activating group) is 1. The summed E-state index contributed by atoms with van der Waals surface area (Å²) >= 11 is 0. The van der Waals surface area contributed by atoms with Crippen molar-refractivity contribution in [2.75, 3.05) is 167 Å². The van der Waals surface area contributed by atoms with E-state index in [1.165, 1.54) is 92.4 Å². The molecule has 0 saturated carbocycles. The average molecular weight is 1780 g/mol. The van der Waals surface area contributed by atoms with Crippen LogP contribution in [0, 0.1) is 19.7 Å². The van der Waals surface area contributed by atoms with Gasteiger partial charge < -0.3 is 138 Å². The van der Waals surface area contributed by atoms with Crippen molar-refractivity contribution in [2.24, 2.45) is 35.2 Å². The third-order valence-electron chi connectivity index (χ3n) is 19.1. The zero-order valence-corrected chi connectivity index (χ0v) is 73.0. The first-order valence-corrected chi connectivity index (χ1v) is 40.9. The molecule has 41 nitrogen and oxygen atoms in total. The lowest BCUT2D eigenvalue weighted by atomic mass is 9.93. The standard InChI is InChI=1S/C86H110FN19O22/c1-12-101(6)65(49-93-83(115)78-100-70(53-105(78)10)98-72(109)18-21-90-80(112)64-46-59(50-103(64)8)95-84(116)76-89-23-25-102(76)7)81(113)91-22-19-73(110)97-69-52-104(9)77(99-69)82(114)92-20-17-71(108)88-24-26-119-27-28-120-29-30-121-31-32-122-33-34-123-35-36-124-37-38-125-39-40-126-41-42-127-68-16-14-58(47-66(68)107)94-79(111)63-48-61-62(51-106(11)85(117)74(61)96-63)60-45-56(86(4,5)118)13-15-67(60)128-75-54(2)43-57(87)44-55(75)3/h12-16,23,25,43-53,96,107,118H,1,17-22,24,26-42H2,2-11H3,(H,88,108)(H,90,112)(H,91,113)(H,92,114)(H,93,115)(H,94,111)(H,95,116)(H,97,110)(H,98,109)/b65-49-. The lowest BCUT2D eigenvalue weighted by molar-refractivity contribution is -0.121. The molecule has 3 aromatic carbocycles. The second-order valence-corrected chi connectivity index (χ2v) is 29.5. The van der Waals surface area contributed by atoms with Crippen LogP contribution in [0.4, 0.5) is 27.4 Å². The van der Waals surface area contributed by atoms with Crippen molar-refractivity contribution >= 4 is 87.1 Å². The third-order valence-corrected chi connectivity index (χ3v) is 19.1. The molecule has 128 heavy (non-hydrogen) atoms. The molecular formula is C86H110FN19O22. The number of aliphatic hydroxyl groups is 1. The number of aryl methyl sites for hydroxylation is 7. The number of pyridine rings is 1. The number of aromatic amines is 1. The molecule has 0 radical (unpaired) electrons. The molecule has 0 aliphatic heterocycles. The number of ether oxygens (including phenoxy) is 10. The molecular weight excluding hydrogens is 1670 g/mol. The number of rotatable bonds is 54. The van der Waals surface area contributed by atoms with Crippen molar-refractivity contribution in [3.05, 3.63) is 184 Å². The summed E-state index contributed by atoms with van der Waals surface area (Å²) in [5.41, 5.74) is 2.07. The number of carbonyl (C=O) groups is 9. The van der Waals surface area contributed by atoms with E-state index < -0.39 is 64.2 Å². The Morgan fingerprint density at radius 1 is 0.531 bits per heavy atom. The van der Waals surface area contributed by atoms with Crippen molar-refractivity contribution in [2.45, 2.75) is 52.6 Å². The molecule has 9 rings (SSSR count). The Morgan fingerprint density at radius 2 is 1.05 bits per heavy atom. The molecule has 0 bridgehead atoms. The molecule has 12 N–H and O–H groups in total. The highest BCUT2D eigenvalue weighted by molar-refractivity contribution is 6.09. The fourth-order valence-corrected chi connectivity index (χ4v) is 12.4. The summed E-state index contributed by atoms with van der Waals surface area (Å²) in [7, 11) is 9.46. The fourth-order valence-electron chi connectivity index (χ4n) is 12.4. The van der Waals surface area contributed by atoms with Crippen LogP contribution in [0.3, 0.4) is 0 Å². The Kier molecular flexibility index (Phi) is 37.5. The van der Waals surface area contributed by atoms with Crippen LogP contribution >= 0.6 is 0 Å². The topological polar surface area (TPSA) is 494 Å². The number of hydrogen-bond donors (Lipinski definition) is 12. The van der Waals surface area contributed by atoms with Gasteiger partial charge in [-0.15, -0.1) is 0 Å². The lowest BCUT2D eigenvalue weighted by Gasteiger charge is -2.22. The van der Waals surface area contributed by atoms with Crippen molar-refractivity contribution in [3.8, 4) is 34.1 Å². The molecule has 0 spiro atoms. The van der Waals surface area contributed by atoms with Crippen LogP contribution in [-0.4, -0.2) is 257 Å². The number of aromatic nitrogens is 9. The maximum atomic E-state index is 14.3. The number of H-pyrrole nitrogens is 1. The number of imidazole rings is 3. The smallest absolute Gasteiger partial charge is 0.291 e. The summed E-state index contributed by atoms with van der Waals surface area (Å²) in [5, 5.41) is 45.9. The summed E-state index contributed by atoms with van der Waals surface area (Å²) in [6.45, 7) is 15.9. The number of phenols is 1. The summed E-state index contributed by atoms with van der Waals surface area (Å²) < 4.78 is 78.0. The second-order valence-electron chi connectivity index (χ2n) is 29.5. The van der Waals surface area contributed by atoms with Crippen LogP contribution in [0.15, 0.2) is 127 Å². The van der Waals surface area contributed by atoms with Crippen LogP contribution < -0.4 is 62.9 Å². The number of carbonyl (C=O) groups excluding carboxylic acids is 9. The highest BCUT2D eigenvalue weighted by Gasteiger charge is 2.27. The predicted molar refractivity (Wildman–Crippen MR) is 467 cm³/mol. The molecule has 9 amide bonds. The molecule has 6 heterocycles. The molecule has 42 heteroatoms. The number of halogens is 1. The zero-order valence-electron chi connectivity index (χ0n) is 73.0. The maximum Gasteiger partial charge on any atom is 0.291 e. The lowest BCUT2D eigenvalue weighted by Crippen LogP contribution is -2.35. The minimum absolute atomic E-state index is 0.00361. The number of nitrogens with zero attached hydrogens (tertiary/aromatic N) is 9. The minimum atomic E-state index is -1.25. The van der Waals surface area contributed by atoms with Gasteiger partial charge in [0.25, 0.3) is 41.0 Å². The first-order valence-electron chi connectivity index (χ1n) is 40.9. The highest BCUT2D eigenvalue weighted by Crippen LogP contribution is 2.41. The molecule has 0 atom stereocenters. The largest absolute Gasteiger partial charge is 0.504 e. The Labute approximate surface area is 736 Å². The van der Waals surface area contributed by atoms with Gasteiger partial charge in [-0.1, -0.05) is 12.6 Å². The minimum Gasteiger partial charge on any atom is -0.504 e. The molecule has 688 valence electrons. The monoisotopic (exact) mass is 1780 g/mol. The quantitative estimate of drug-likeness (QED) is 0.0175. The second kappa shape index (κ2) is 48.9. The number of fused-ring (bicyclic) bond motifs is 1. The molecule has 9 aromatic rings. The van der Waals surface area contributed by atoms with E-state index in [1.54, 1.807) is 109 Å².